The van der Waals surface area contributed by atoms with Crippen LogP contribution in [0, 0.1) is 5.92 Å². The smallest absolute Gasteiger partial charge is 0.302 e. The molecule has 0 aromatic carbocycles. The van der Waals surface area contributed by atoms with Crippen molar-refractivity contribution in [2.45, 2.75) is 30.5 Å². The maximum absolute atomic E-state index is 11.4. The molecule has 0 saturated heterocycles. The van der Waals surface area contributed by atoms with Gasteiger partial charge in [-0.3, -0.25) is 9.78 Å². The molecule has 1 atom stereocenters. The van der Waals surface area contributed by atoms with Crippen molar-refractivity contribution in [3.8, 4) is 0 Å². The van der Waals surface area contributed by atoms with Crippen LogP contribution in [0.2, 0.25) is 0 Å². The first-order valence-electron chi connectivity index (χ1n) is 4.60. The highest BCUT2D eigenvalue weighted by Gasteiger charge is 2.27. The van der Waals surface area contributed by atoms with Crippen molar-refractivity contribution in [3.63, 3.8) is 0 Å². The zero-order valence-electron chi connectivity index (χ0n) is 8.09. The summed E-state index contributed by atoms with van der Waals surface area (Å²) in [6, 6.07) is 0. The first kappa shape index (κ1) is 9.58. The fraction of sp³-hybridized carbons (Fsp3) is 0.556. The minimum absolute atomic E-state index is 0.237. The van der Waals surface area contributed by atoms with E-state index in [4.69, 9.17) is 0 Å². The van der Waals surface area contributed by atoms with Crippen molar-refractivity contribution < 1.29 is 0 Å². The summed E-state index contributed by atoms with van der Waals surface area (Å²) in [5.41, 5.74) is 0.0818. The second-order valence-electron chi connectivity index (χ2n) is 3.82. The first-order valence-corrected chi connectivity index (χ1v) is 5.48. The first-order chi connectivity index (χ1) is 6.58. The molecule has 1 unspecified atom stereocenters. The lowest BCUT2D eigenvalue weighted by Crippen LogP contribution is -2.25. The highest BCUT2D eigenvalue weighted by Crippen LogP contribution is 2.36. The van der Waals surface area contributed by atoms with E-state index in [9.17, 15) is 9.59 Å². The number of nitrogens with one attached hydrogen (secondary N) is 2. The zero-order chi connectivity index (χ0) is 10.3. The third kappa shape index (κ3) is 1.52. The Balaban J connectivity index is 2.45. The maximum Gasteiger partial charge on any atom is 0.326 e. The fourth-order valence-corrected chi connectivity index (χ4v) is 2.84. The third-order valence-corrected chi connectivity index (χ3v) is 4.02. The molecular formula is C9H12N2O2S. The molecule has 0 radical (unpaired) electrons. The lowest BCUT2D eigenvalue weighted by molar-refractivity contribution is 0.609. The van der Waals surface area contributed by atoms with E-state index in [2.05, 4.69) is 23.8 Å². The normalized spacial score (nSPS) is 20.1. The number of rotatable bonds is 1. The van der Waals surface area contributed by atoms with Gasteiger partial charge >= 0.3 is 5.69 Å². The molecule has 0 amide bonds. The number of thioether (sulfide) groups is 1. The van der Waals surface area contributed by atoms with E-state index in [0.29, 0.717) is 11.2 Å². The maximum atomic E-state index is 11.4. The number of hydrogen-bond acceptors (Lipinski definition) is 3. The molecular weight excluding hydrogens is 200 g/mol. The van der Waals surface area contributed by atoms with Crippen molar-refractivity contribution in [2.75, 3.05) is 0 Å². The van der Waals surface area contributed by atoms with Crippen molar-refractivity contribution in [1.29, 1.82) is 0 Å². The van der Waals surface area contributed by atoms with Crippen LogP contribution >= 0.6 is 11.8 Å². The molecule has 2 rings (SSSR count). The topological polar surface area (TPSA) is 65.7 Å². The molecule has 1 aromatic heterocycles. The van der Waals surface area contributed by atoms with Crippen molar-refractivity contribution in [1.82, 2.24) is 9.97 Å². The van der Waals surface area contributed by atoms with Crippen LogP contribution in [-0.4, -0.2) is 15.2 Å². The summed E-state index contributed by atoms with van der Waals surface area (Å²) >= 11 is 1.60. The molecule has 0 aliphatic carbocycles. The highest BCUT2D eigenvalue weighted by molar-refractivity contribution is 8.00. The molecule has 0 bridgehead atoms. The van der Waals surface area contributed by atoms with Gasteiger partial charge < -0.3 is 4.98 Å². The Morgan fingerprint density at radius 1 is 1.36 bits per heavy atom. The molecule has 4 nitrogen and oxygen atoms in total. The van der Waals surface area contributed by atoms with Crippen LogP contribution in [-0.2, 0) is 6.42 Å². The minimum Gasteiger partial charge on any atom is -0.302 e. The summed E-state index contributed by atoms with van der Waals surface area (Å²) in [5, 5.41) is 1.15. The van der Waals surface area contributed by atoms with Gasteiger partial charge in [0.1, 0.15) is 0 Å². The monoisotopic (exact) mass is 212 g/mol. The molecule has 76 valence electrons. The predicted octanol–water partition coefficient (Wildman–Crippen LogP) is 0.736. The van der Waals surface area contributed by atoms with Gasteiger partial charge in [0.2, 0.25) is 0 Å². The Kier molecular flexibility index (Phi) is 2.26. The van der Waals surface area contributed by atoms with Crippen LogP contribution in [0.4, 0.5) is 0 Å². The standard InChI is InChI=1S/C9H12N2O2S/c1-4(2)6-3-5-7(12)10-9(13)11-8(5)14-6/h4,6H,3H2,1-2H3,(H2,10,11,12,13). The Morgan fingerprint density at radius 3 is 2.71 bits per heavy atom. The summed E-state index contributed by atoms with van der Waals surface area (Å²) < 4.78 is 0. The molecule has 1 aliphatic rings. The molecule has 0 fully saturated rings. The van der Waals surface area contributed by atoms with Gasteiger partial charge in [-0.1, -0.05) is 13.8 Å². The van der Waals surface area contributed by atoms with Gasteiger partial charge in [-0.05, 0) is 12.3 Å². The van der Waals surface area contributed by atoms with E-state index in [1.54, 1.807) is 11.8 Å². The average molecular weight is 212 g/mol. The molecule has 0 spiro atoms. The Hall–Kier alpha value is -0.970. The molecule has 1 aliphatic heterocycles. The van der Waals surface area contributed by atoms with Crippen LogP contribution in [0.1, 0.15) is 19.4 Å². The minimum atomic E-state index is -0.411. The van der Waals surface area contributed by atoms with Gasteiger partial charge in [-0.25, -0.2) is 4.79 Å². The Labute approximate surface area is 85.1 Å². The van der Waals surface area contributed by atoms with Crippen molar-refractivity contribution >= 4 is 11.8 Å². The number of aromatic nitrogens is 2. The van der Waals surface area contributed by atoms with Gasteiger partial charge in [0.15, 0.2) is 0 Å². The van der Waals surface area contributed by atoms with Gasteiger partial charge in [-0.2, -0.15) is 0 Å². The van der Waals surface area contributed by atoms with E-state index in [0.717, 1.165) is 17.0 Å². The van der Waals surface area contributed by atoms with E-state index in [1.807, 2.05) is 0 Å². The van der Waals surface area contributed by atoms with Crippen LogP contribution in [0.5, 0.6) is 0 Å². The molecule has 5 heteroatoms. The summed E-state index contributed by atoms with van der Waals surface area (Å²) in [6.07, 6.45) is 0.754. The summed E-state index contributed by atoms with van der Waals surface area (Å²) in [5.74, 6) is 0.510. The fourth-order valence-electron chi connectivity index (χ4n) is 1.54. The Morgan fingerprint density at radius 2 is 2.07 bits per heavy atom. The average Bonchev–Trinajstić information content (AvgIpc) is 2.47. The second-order valence-corrected chi connectivity index (χ2v) is 5.07. The number of hydrogen-bond donors (Lipinski definition) is 2. The van der Waals surface area contributed by atoms with Crippen LogP contribution in [0.25, 0.3) is 0 Å². The summed E-state index contributed by atoms with van der Waals surface area (Å²) in [6.45, 7) is 4.24. The predicted molar refractivity (Wildman–Crippen MR) is 55.9 cm³/mol. The van der Waals surface area contributed by atoms with Crippen LogP contribution in [0.15, 0.2) is 14.6 Å². The lowest BCUT2D eigenvalue weighted by Gasteiger charge is -2.10. The van der Waals surface area contributed by atoms with E-state index in [-0.39, 0.29) is 5.56 Å². The third-order valence-electron chi connectivity index (χ3n) is 2.42. The van der Waals surface area contributed by atoms with Crippen LogP contribution < -0.4 is 11.2 Å². The molecule has 2 heterocycles. The quantitative estimate of drug-likeness (QED) is 0.675. The molecule has 0 saturated carbocycles. The van der Waals surface area contributed by atoms with Crippen LogP contribution in [0.3, 0.4) is 0 Å². The van der Waals surface area contributed by atoms with E-state index in [1.165, 1.54) is 0 Å². The number of fused-ring (bicyclic) bond motifs is 1. The van der Waals surface area contributed by atoms with Gasteiger partial charge in [-0.15, -0.1) is 11.8 Å². The van der Waals surface area contributed by atoms with Gasteiger partial charge in [0, 0.05) is 10.8 Å². The number of H-pyrrole nitrogens is 2. The molecule has 14 heavy (non-hydrogen) atoms. The van der Waals surface area contributed by atoms with Gasteiger partial charge in [0.25, 0.3) is 5.56 Å². The Bertz CT molecular complexity index is 461. The SMILES string of the molecule is CC(C)C1Cc2c([nH]c(=O)[nH]c2=O)S1. The summed E-state index contributed by atoms with van der Waals surface area (Å²) in [4.78, 5) is 27.3. The number of aromatic amines is 2. The second kappa shape index (κ2) is 3.31. The lowest BCUT2D eigenvalue weighted by atomic mass is 10.0. The largest absolute Gasteiger partial charge is 0.326 e. The molecule has 2 N–H and O–H groups in total. The summed E-state index contributed by atoms with van der Waals surface area (Å²) in [7, 11) is 0. The van der Waals surface area contributed by atoms with Crippen molar-refractivity contribution in [2.24, 2.45) is 5.92 Å². The van der Waals surface area contributed by atoms with Crippen molar-refractivity contribution in [3.05, 3.63) is 26.4 Å². The zero-order valence-corrected chi connectivity index (χ0v) is 8.90. The van der Waals surface area contributed by atoms with E-state index < -0.39 is 5.69 Å². The highest BCUT2D eigenvalue weighted by atomic mass is 32.2. The van der Waals surface area contributed by atoms with Gasteiger partial charge in [0.05, 0.1) is 5.03 Å². The van der Waals surface area contributed by atoms with E-state index >= 15 is 0 Å². The molecule has 1 aromatic rings.